The van der Waals surface area contributed by atoms with Crippen LogP contribution in [0.15, 0.2) is 30.3 Å². The summed E-state index contributed by atoms with van der Waals surface area (Å²) in [5, 5.41) is 5.56. The van der Waals surface area contributed by atoms with Crippen LogP contribution in [0.4, 0.5) is 0 Å². The van der Waals surface area contributed by atoms with Gasteiger partial charge in [0.2, 0.25) is 11.8 Å². The van der Waals surface area contributed by atoms with E-state index in [9.17, 15) is 9.59 Å². The number of amides is 2. The number of nitrogens with two attached hydrogens (primary N) is 1. The fourth-order valence-electron chi connectivity index (χ4n) is 1.97. The van der Waals surface area contributed by atoms with Crippen molar-refractivity contribution in [1.29, 1.82) is 0 Å². The van der Waals surface area contributed by atoms with Crippen LogP contribution in [-0.4, -0.2) is 24.9 Å². The molecule has 1 unspecified atom stereocenters. The normalized spacial score (nSPS) is 15.4. The summed E-state index contributed by atoms with van der Waals surface area (Å²) in [5.74, 6) is 0.208. The Kier molecular flexibility index (Phi) is 5.12. The van der Waals surface area contributed by atoms with Gasteiger partial charge in [-0.05, 0) is 18.4 Å². The van der Waals surface area contributed by atoms with E-state index in [1.54, 1.807) is 0 Å². The lowest BCUT2D eigenvalue weighted by Gasteiger charge is -2.12. The van der Waals surface area contributed by atoms with Gasteiger partial charge >= 0.3 is 0 Å². The summed E-state index contributed by atoms with van der Waals surface area (Å²) in [6.07, 6.45) is 2.23. The molecule has 108 valence electrons. The van der Waals surface area contributed by atoms with E-state index in [-0.39, 0.29) is 30.2 Å². The van der Waals surface area contributed by atoms with Gasteiger partial charge in [-0.15, -0.1) is 0 Å². The lowest BCUT2D eigenvalue weighted by atomic mass is 10.0. The van der Waals surface area contributed by atoms with Crippen molar-refractivity contribution in [2.24, 2.45) is 11.7 Å². The van der Waals surface area contributed by atoms with Crippen molar-refractivity contribution in [3.05, 3.63) is 35.9 Å². The second kappa shape index (κ2) is 7.05. The maximum absolute atomic E-state index is 11.7. The molecule has 20 heavy (non-hydrogen) atoms. The monoisotopic (exact) mass is 275 g/mol. The van der Waals surface area contributed by atoms with E-state index < -0.39 is 0 Å². The molecule has 0 heterocycles. The van der Waals surface area contributed by atoms with Crippen molar-refractivity contribution in [2.75, 3.05) is 13.1 Å². The zero-order chi connectivity index (χ0) is 14.4. The first-order valence-corrected chi connectivity index (χ1v) is 7.02. The van der Waals surface area contributed by atoms with Crippen LogP contribution in [0.25, 0.3) is 0 Å². The fourth-order valence-corrected chi connectivity index (χ4v) is 1.97. The van der Waals surface area contributed by atoms with Crippen LogP contribution in [0.5, 0.6) is 0 Å². The lowest BCUT2D eigenvalue weighted by Crippen LogP contribution is -2.36. The fraction of sp³-hybridized carbons (Fsp3) is 0.467. The standard InChI is InChI=1S/C15H21N3O2/c16-13(11-4-2-1-3-5-11)10-14(19)17-8-9-18-15(20)12-6-7-12/h1-5,12-13H,6-10,16H2,(H,17,19)(H,18,20). The van der Waals surface area contributed by atoms with Crippen molar-refractivity contribution in [1.82, 2.24) is 10.6 Å². The second-order valence-electron chi connectivity index (χ2n) is 5.14. The van der Waals surface area contributed by atoms with Crippen LogP contribution in [0.1, 0.15) is 30.9 Å². The van der Waals surface area contributed by atoms with Crippen LogP contribution in [0.3, 0.4) is 0 Å². The van der Waals surface area contributed by atoms with Crippen LogP contribution >= 0.6 is 0 Å². The molecule has 1 aliphatic rings. The third kappa shape index (κ3) is 4.66. The Balaban J connectivity index is 1.61. The number of benzene rings is 1. The van der Waals surface area contributed by atoms with Crippen LogP contribution in [-0.2, 0) is 9.59 Å². The summed E-state index contributed by atoms with van der Waals surface area (Å²) in [5.41, 5.74) is 6.91. The Morgan fingerprint density at radius 3 is 2.45 bits per heavy atom. The van der Waals surface area contributed by atoms with E-state index in [1.165, 1.54) is 0 Å². The minimum absolute atomic E-state index is 0.0953. The predicted molar refractivity (Wildman–Crippen MR) is 76.7 cm³/mol. The van der Waals surface area contributed by atoms with E-state index >= 15 is 0 Å². The average Bonchev–Trinajstić information content (AvgIpc) is 3.29. The first-order chi connectivity index (χ1) is 9.66. The zero-order valence-electron chi connectivity index (χ0n) is 11.5. The Morgan fingerprint density at radius 1 is 1.15 bits per heavy atom. The largest absolute Gasteiger partial charge is 0.354 e. The average molecular weight is 275 g/mol. The molecule has 4 N–H and O–H groups in total. The molecule has 5 nitrogen and oxygen atoms in total. The van der Waals surface area contributed by atoms with Crippen LogP contribution < -0.4 is 16.4 Å². The Bertz CT molecular complexity index is 457. The van der Waals surface area contributed by atoms with Gasteiger partial charge in [0.15, 0.2) is 0 Å². The maximum Gasteiger partial charge on any atom is 0.223 e. The molecule has 1 aliphatic carbocycles. The van der Waals surface area contributed by atoms with Gasteiger partial charge in [-0.3, -0.25) is 9.59 Å². The number of hydrogen-bond donors (Lipinski definition) is 3. The summed E-state index contributed by atoms with van der Waals surface area (Å²) in [4.78, 5) is 23.1. The lowest BCUT2D eigenvalue weighted by molar-refractivity contribution is -0.123. The van der Waals surface area contributed by atoms with E-state index in [0.717, 1.165) is 18.4 Å². The highest BCUT2D eigenvalue weighted by Gasteiger charge is 2.28. The van der Waals surface area contributed by atoms with Crippen molar-refractivity contribution >= 4 is 11.8 Å². The highest BCUT2D eigenvalue weighted by molar-refractivity contribution is 5.81. The summed E-state index contributed by atoms with van der Waals surface area (Å²) < 4.78 is 0. The molecule has 1 saturated carbocycles. The number of rotatable bonds is 7. The topological polar surface area (TPSA) is 84.2 Å². The summed E-state index contributed by atoms with van der Waals surface area (Å²) in [6, 6.07) is 9.25. The molecule has 0 radical (unpaired) electrons. The molecule has 0 aromatic heterocycles. The molecule has 1 atom stereocenters. The molecule has 5 heteroatoms. The Hall–Kier alpha value is -1.88. The van der Waals surface area contributed by atoms with Gasteiger partial charge in [0.25, 0.3) is 0 Å². The minimum Gasteiger partial charge on any atom is -0.354 e. The van der Waals surface area contributed by atoms with E-state index in [0.29, 0.717) is 13.1 Å². The van der Waals surface area contributed by atoms with Gasteiger partial charge in [-0.2, -0.15) is 0 Å². The highest BCUT2D eigenvalue weighted by Crippen LogP contribution is 2.28. The van der Waals surface area contributed by atoms with Gasteiger partial charge in [0, 0.05) is 31.5 Å². The third-order valence-electron chi connectivity index (χ3n) is 3.33. The molecule has 1 aromatic carbocycles. The Labute approximate surface area is 118 Å². The van der Waals surface area contributed by atoms with Crippen molar-refractivity contribution in [2.45, 2.75) is 25.3 Å². The summed E-state index contributed by atoms with van der Waals surface area (Å²) in [6.45, 7) is 0.917. The molecular formula is C15H21N3O2. The molecule has 2 amide bonds. The SMILES string of the molecule is NC(CC(=O)NCCNC(=O)C1CC1)c1ccccc1. The van der Waals surface area contributed by atoms with Crippen molar-refractivity contribution in [3.63, 3.8) is 0 Å². The van der Waals surface area contributed by atoms with E-state index in [1.807, 2.05) is 30.3 Å². The first-order valence-electron chi connectivity index (χ1n) is 7.02. The van der Waals surface area contributed by atoms with Crippen molar-refractivity contribution in [3.8, 4) is 0 Å². The molecule has 0 spiro atoms. The summed E-state index contributed by atoms with van der Waals surface area (Å²) >= 11 is 0. The number of hydrogen-bond acceptors (Lipinski definition) is 3. The number of carbonyl (C=O) groups is 2. The quantitative estimate of drug-likeness (QED) is 0.641. The maximum atomic E-state index is 11.7. The third-order valence-corrected chi connectivity index (χ3v) is 3.33. The molecule has 1 aromatic rings. The highest BCUT2D eigenvalue weighted by atomic mass is 16.2. The van der Waals surface area contributed by atoms with Gasteiger partial charge in [0.05, 0.1) is 0 Å². The first kappa shape index (κ1) is 14.5. The molecule has 2 rings (SSSR count). The molecule has 1 fully saturated rings. The van der Waals surface area contributed by atoms with Crippen LogP contribution in [0, 0.1) is 5.92 Å². The molecule has 0 bridgehead atoms. The predicted octanol–water partition coefficient (Wildman–Crippen LogP) is 0.719. The number of nitrogens with one attached hydrogen (secondary N) is 2. The van der Waals surface area contributed by atoms with Gasteiger partial charge in [-0.1, -0.05) is 30.3 Å². The molecule has 0 saturated heterocycles. The van der Waals surface area contributed by atoms with Crippen LogP contribution in [0.2, 0.25) is 0 Å². The van der Waals surface area contributed by atoms with Crippen molar-refractivity contribution < 1.29 is 9.59 Å². The molecule has 0 aliphatic heterocycles. The van der Waals surface area contributed by atoms with Gasteiger partial charge < -0.3 is 16.4 Å². The van der Waals surface area contributed by atoms with E-state index in [2.05, 4.69) is 10.6 Å². The smallest absolute Gasteiger partial charge is 0.223 e. The second-order valence-corrected chi connectivity index (χ2v) is 5.14. The molecular weight excluding hydrogens is 254 g/mol. The van der Waals surface area contributed by atoms with Gasteiger partial charge in [0.1, 0.15) is 0 Å². The zero-order valence-corrected chi connectivity index (χ0v) is 11.5. The van der Waals surface area contributed by atoms with E-state index in [4.69, 9.17) is 5.73 Å². The minimum atomic E-state index is -0.294. The van der Waals surface area contributed by atoms with Gasteiger partial charge in [-0.25, -0.2) is 0 Å². The Morgan fingerprint density at radius 2 is 1.80 bits per heavy atom. The summed E-state index contributed by atoms with van der Waals surface area (Å²) in [7, 11) is 0. The number of carbonyl (C=O) groups excluding carboxylic acids is 2.